The number of unbranched alkanes of at least 4 members (excludes halogenated alkanes) is 1. The van der Waals surface area contributed by atoms with E-state index in [1.165, 1.54) is 0 Å². The maximum Gasteiger partial charge on any atom is 0.220 e. The lowest BCUT2D eigenvalue weighted by molar-refractivity contribution is -0.121. The summed E-state index contributed by atoms with van der Waals surface area (Å²) in [5.41, 5.74) is 10.3. The molecule has 0 aliphatic carbocycles. The summed E-state index contributed by atoms with van der Waals surface area (Å²) in [6, 6.07) is 0. The van der Waals surface area contributed by atoms with Gasteiger partial charge >= 0.3 is 0 Å². The molecule has 0 aliphatic rings. The third kappa shape index (κ3) is 5.53. The summed E-state index contributed by atoms with van der Waals surface area (Å²) in [6.45, 7) is 0.872. The van der Waals surface area contributed by atoms with Crippen LogP contribution in [-0.4, -0.2) is 19.1 Å². The zero-order chi connectivity index (χ0) is 7.82. The van der Waals surface area contributed by atoms with Crippen LogP contribution in [0.25, 0.3) is 0 Å². The monoisotopic (exact) mass is 145 g/mol. The van der Waals surface area contributed by atoms with Gasteiger partial charge in [0, 0.05) is 6.42 Å². The van der Waals surface area contributed by atoms with Crippen LogP contribution in [0.5, 0.6) is 0 Å². The molecule has 0 aromatic heterocycles. The van der Waals surface area contributed by atoms with Crippen molar-refractivity contribution in [3.8, 4) is 0 Å². The van der Waals surface area contributed by atoms with E-state index in [1.807, 2.05) is 0 Å². The lowest BCUT2D eigenvalue weighted by Crippen LogP contribution is -2.29. The maximum absolute atomic E-state index is 10.7. The molecule has 0 saturated heterocycles. The molecule has 0 atom stereocenters. The Labute approximate surface area is 61.0 Å². The topological polar surface area (TPSA) is 81.1 Å². The number of carbonyl (C=O) groups is 1. The van der Waals surface area contributed by atoms with Gasteiger partial charge in [-0.2, -0.15) is 0 Å². The highest BCUT2D eigenvalue weighted by Gasteiger charge is 1.96. The van der Waals surface area contributed by atoms with Crippen molar-refractivity contribution in [2.75, 3.05) is 13.2 Å². The molecule has 5 N–H and O–H groups in total. The summed E-state index contributed by atoms with van der Waals surface area (Å²) < 4.78 is 0. The molecular formula is C6H15N3O. The molecule has 4 heteroatoms. The van der Waals surface area contributed by atoms with Crippen molar-refractivity contribution in [1.82, 2.24) is 5.32 Å². The lowest BCUT2D eigenvalue weighted by atomic mass is 10.2. The van der Waals surface area contributed by atoms with Gasteiger partial charge < -0.3 is 16.8 Å². The van der Waals surface area contributed by atoms with Crippen LogP contribution in [0.4, 0.5) is 0 Å². The fourth-order valence-electron chi connectivity index (χ4n) is 0.632. The molecule has 0 aromatic carbocycles. The Morgan fingerprint density at radius 1 is 1.30 bits per heavy atom. The Morgan fingerprint density at radius 3 is 2.50 bits per heavy atom. The van der Waals surface area contributed by atoms with Crippen LogP contribution in [0.2, 0.25) is 0 Å². The number of nitrogens with one attached hydrogen (secondary N) is 1. The summed E-state index contributed by atoms with van der Waals surface area (Å²) in [5, 5.41) is 2.50. The SMILES string of the molecule is NCCCCC(=O)NCN. The first kappa shape index (κ1) is 9.39. The fraction of sp³-hybridized carbons (Fsp3) is 0.833. The first-order valence-corrected chi connectivity index (χ1v) is 3.48. The predicted octanol–water partition coefficient (Wildman–Crippen LogP) is -0.852. The molecule has 60 valence electrons. The fourth-order valence-corrected chi connectivity index (χ4v) is 0.632. The summed E-state index contributed by atoms with van der Waals surface area (Å²) in [4.78, 5) is 10.7. The highest BCUT2D eigenvalue weighted by atomic mass is 16.1. The van der Waals surface area contributed by atoms with Crippen LogP contribution in [0.1, 0.15) is 19.3 Å². The van der Waals surface area contributed by atoms with E-state index in [9.17, 15) is 4.79 Å². The standard InChI is InChI=1S/C6H15N3O/c7-4-2-1-3-6(10)9-5-8/h1-5,7-8H2,(H,9,10). The molecule has 0 aromatic rings. The van der Waals surface area contributed by atoms with Crippen LogP contribution in [0.15, 0.2) is 0 Å². The second kappa shape index (κ2) is 6.51. The number of carbonyl (C=O) groups excluding carboxylic acids is 1. The van der Waals surface area contributed by atoms with Gasteiger partial charge in [-0.05, 0) is 19.4 Å². The third-order valence-corrected chi connectivity index (χ3v) is 1.16. The van der Waals surface area contributed by atoms with Gasteiger partial charge in [0.1, 0.15) is 0 Å². The Kier molecular flexibility index (Phi) is 6.11. The van der Waals surface area contributed by atoms with Gasteiger partial charge in [-0.25, -0.2) is 0 Å². The normalized spacial score (nSPS) is 9.40. The summed E-state index contributed by atoms with van der Waals surface area (Å²) >= 11 is 0. The molecule has 0 unspecified atom stereocenters. The molecular weight excluding hydrogens is 130 g/mol. The van der Waals surface area contributed by atoms with Crippen LogP contribution in [0, 0.1) is 0 Å². The van der Waals surface area contributed by atoms with E-state index >= 15 is 0 Å². The van der Waals surface area contributed by atoms with Gasteiger partial charge in [0.2, 0.25) is 5.91 Å². The van der Waals surface area contributed by atoms with Gasteiger partial charge in [0.15, 0.2) is 0 Å². The first-order valence-electron chi connectivity index (χ1n) is 3.48. The van der Waals surface area contributed by atoms with E-state index in [2.05, 4.69) is 5.32 Å². The van der Waals surface area contributed by atoms with Gasteiger partial charge in [-0.1, -0.05) is 0 Å². The minimum absolute atomic E-state index is 0.0101. The van der Waals surface area contributed by atoms with Crippen LogP contribution < -0.4 is 16.8 Å². The highest BCUT2D eigenvalue weighted by molar-refractivity contribution is 5.75. The van der Waals surface area contributed by atoms with Gasteiger partial charge in [0.25, 0.3) is 0 Å². The third-order valence-electron chi connectivity index (χ3n) is 1.16. The molecule has 4 nitrogen and oxygen atoms in total. The molecule has 0 aliphatic heterocycles. The summed E-state index contributed by atoms with van der Waals surface area (Å²) in [6.07, 6.45) is 2.29. The second-order valence-corrected chi connectivity index (χ2v) is 2.05. The van der Waals surface area contributed by atoms with Crippen molar-refractivity contribution in [2.45, 2.75) is 19.3 Å². The number of amides is 1. The zero-order valence-corrected chi connectivity index (χ0v) is 6.10. The average Bonchev–Trinajstić information content (AvgIpc) is 1.89. The molecule has 0 rings (SSSR count). The van der Waals surface area contributed by atoms with Crippen molar-refractivity contribution in [3.63, 3.8) is 0 Å². The van der Waals surface area contributed by atoms with E-state index < -0.39 is 0 Å². The van der Waals surface area contributed by atoms with Crippen molar-refractivity contribution in [3.05, 3.63) is 0 Å². The molecule has 0 saturated carbocycles. The van der Waals surface area contributed by atoms with E-state index in [0.29, 0.717) is 13.0 Å². The Balaban J connectivity index is 3.05. The van der Waals surface area contributed by atoms with Crippen LogP contribution >= 0.6 is 0 Å². The van der Waals surface area contributed by atoms with Crippen molar-refractivity contribution < 1.29 is 4.79 Å². The van der Waals surface area contributed by atoms with Crippen molar-refractivity contribution in [1.29, 1.82) is 0 Å². The van der Waals surface area contributed by atoms with E-state index in [-0.39, 0.29) is 12.6 Å². The van der Waals surface area contributed by atoms with Crippen LogP contribution in [-0.2, 0) is 4.79 Å². The minimum Gasteiger partial charge on any atom is -0.344 e. The maximum atomic E-state index is 10.7. The van der Waals surface area contributed by atoms with E-state index in [1.54, 1.807) is 0 Å². The largest absolute Gasteiger partial charge is 0.344 e. The predicted molar refractivity (Wildman–Crippen MR) is 40.1 cm³/mol. The van der Waals surface area contributed by atoms with E-state index in [4.69, 9.17) is 11.5 Å². The Hall–Kier alpha value is -0.610. The van der Waals surface area contributed by atoms with Gasteiger partial charge in [-0.15, -0.1) is 0 Å². The molecule has 0 bridgehead atoms. The summed E-state index contributed by atoms with van der Waals surface area (Å²) in [7, 11) is 0. The molecule has 0 heterocycles. The number of hydrogen-bond donors (Lipinski definition) is 3. The Morgan fingerprint density at radius 2 is 2.00 bits per heavy atom. The van der Waals surface area contributed by atoms with Gasteiger partial charge in [-0.3, -0.25) is 4.79 Å². The minimum atomic E-state index is 0.0101. The molecule has 0 radical (unpaired) electrons. The number of hydrogen-bond acceptors (Lipinski definition) is 3. The quantitative estimate of drug-likeness (QED) is 0.348. The first-order chi connectivity index (χ1) is 4.81. The zero-order valence-electron chi connectivity index (χ0n) is 6.10. The number of nitrogens with two attached hydrogens (primary N) is 2. The second-order valence-electron chi connectivity index (χ2n) is 2.05. The molecule has 0 fully saturated rings. The Bertz CT molecular complexity index is 95.0. The van der Waals surface area contributed by atoms with Crippen molar-refractivity contribution in [2.24, 2.45) is 11.5 Å². The highest BCUT2D eigenvalue weighted by Crippen LogP contribution is 1.91. The molecule has 0 spiro atoms. The van der Waals surface area contributed by atoms with Crippen molar-refractivity contribution >= 4 is 5.91 Å². The summed E-state index contributed by atoms with van der Waals surface area (Å²) in [5.74, 6) is 0.0101. The molecule has 10 heavy (non-hydrogen) atoms. The number of rotatable bonds is 5. The smallest absolute Gasteiger partial charge is 0.220 e. The lowest BCUT2D eigenvalue weighted by Gasteiger charge is -1.99. The van der Waals surface area contributed by atoms with Gasteiger partial charge in [0.05, 0.1) is 6.67 Å². The van der Waals surface area contributed by atoms with Crippen LogP contribution in [0.3, 0.4) is 0 Å². The average molecular weight is 145 g/mol. The molecule has 1 amide bonds. The van der Waals surface area contributed by atoms with E-state index in [0.717, 1.165) is 12.8 Å².